The van der Waals surface area contributed by atoms with Crippen LogP contribution in [0.2, 0.25) is 0 Å². The van der Waals surface area contributed by atoms with Crippen LogP contribution in [0.5, 0.6) is 0 Å². The zero-order valence-corrected chi connectivity index (χ0v) is 12.6. The average Bonchev–Trinajstić information content (AvgIpc) is 2.89. The summed E-state index contributed by atoms with van der Waals surface area (Å²) < 4.78 is 5.89. The largest absolute Gasteiger partial charge is 0.423 e. The number of hydrogen-bond donors (Lipinski definition) is 1. The lowest BCUT2D eigenvalue weighted by Crippen LogP contribution is -2.64. The molecular weight excluding hydrogens is 280 g/mol. The number of benzene rings is 1. The molecule has 0 aliphatic carbocycles. The van der Waals surface area contributed by atoms with Crippen LogP contribution in [0.4, 0.5) is 6.01 Å². The first-order chi connectivity index (χ1) is 10.6. The molecule has 2 aromatic rings. The molecule has 2 fully saturated rings. The van der Waals surface area contributed by atoms with E-state index in [1.807, 2.05) is 0 Å². The topological polar surface area (TPSA) is 75.6 Å². The van der Waals surface area contributed by atoms with Gasteiger partial charge in [-0.1, -0.05) is 0 Å². The van der Waals surface area contributed by atoms with Crippen molar-refractivity contribution in [2.24, 2.45) is 5.73 Å². The number of rotatable bonds is 2. The van der Waals surface area contributed by atoms with Gasteiger partial charge in [-0.2, -0.15) is 4.98 Å². The SMILES string of the molecule is CN1CCC2(CC1)CCN2c1nc2c(C(N)=O)[c]ccc2o1. The van der Waals surface area contributed by atoms with E-state index in [0.717, 1.165) is 32.5 Å². The Balaban J connectivity index is 1.70. The van der Waals surface area contributed by atoms with Crippen LogP contribution >= 0.6 is 0 Å². The molecule has 6 heteroatoms. The number of amides is 1. The van der Waals surface area contributed by atoms with Gasteiger partial charge in [-0.05, 0) is 44.5 Å². The van der Waals surface area contributed by atoms with E-state index in [-0.39, 0.29) is 5.54 Å². The minimum absolute atomic E-state index is 0.171. The second-order valence-electron chi connectivity index (χ2n) is 6.36. The summed E-state index contributed by atoms with van der Waals surface area (Å²) in [5.74, 6) is -0.525. The quantitative estimate of drug-likeness (QED) is 0.907. The van der Waals surface area contributed by atoms with Crippen LogP contribution < -0.4 is 10.6 Å². The normalized spacial score (nSPS) is 21.2. The highest BCUT2D eigenvalue weighted by Gasteiger charge is 2.48. The minimum Gasteiger partial charge on any atom is -0.423 e. The highest BCUT2D eigenvalue weighted by molar-refractivity contribution is 6.03. The molecule has 0 unspecified atom stereocenters. The van der Waals surface area contributed by atoms with E-state index in [1.54, 1.807) is 12.1 Å². The van der Waals surface area contributed by atoms with Gasteiger partial charge < -0.3 is 20.0 Å². The Morgan fingerprint density at radius 1 is 1.36 bits per heavy atom. The van der Waals surface area contributed by atoms with E-state index >= 15 is 0 Å². The van der Waals surface area contributed by atoms with Crippen molar-refractivity contribution in [1.82, 2.24) is 9.88 Å². The summed E-state index contributed by atoms with van der Waals surface area (Å²) in [6, 6.07) is 6.89. The molecule has 115 valence electrons. The second-order valence-corrected chi connectivity index (χ2v) is 6.36. The Bertz CT molecular complexity index is 731. The number of likely N-dealkylation sites (tertiary alicyclic amines) is 1. The first-order valence-corrected chi connectivity index (χ1v) is 7.66. The van der Waals surface area contributed by atoms with Gasteiger partial charge >= 0.3 is 0 Å². The third-order valence-electron chi connectivity index (χ3n) is 5.11. The lowest BCUT2D eigenvalue weighted by Gasteiger charge is -2.55. The van der Waals surface area contributed by atoms with Crippen molar-refractivity contribution in [1.29, 1.82) is 0 Å². The van der Waals surface area contributed by atoms with Crippen molar-refractivity contribution in [3.63, 3.8) is 0 Å². The molecule has 2 aliphatic rings. The van der Waals surface area contributed by atoms with Crippen LogP contribution in [-0.4, -0.2) is 48.0 Å². The maximum absolute atomic E-state index is 11.5. The third-order valence-corrected chi connectivity index (χ3v) is 5.11. The summed E-state index contributed by atoms with van der Waals surface area (Å²) in [4.78, 5) is 20.6. The third kappa shape index (κ3) is 1.90. The molecule has 1 spiro atoms. The molecule has 4 rings (SSSR count). The van der Waals surface area contributed by atoms with E-state index in [4.69, 9.17) is 10.2 Å². The van der Waals surface area contributed by atoms with Gasteiger partial charge in [0.1, 0.15) is 5.52 Å². The molecule has 6 nitrogen and oxygen atoms in total. The van der Waals surface area contributed by atoms with E-state index < -0.39 is 5.91 Å². The number of piperidine rings is 1. The van der Waals surface area contributed by atoms with Crippen LogP contribution in [0, 0.1) is 6.07 Å². The molecule has 1 amide bonds. The van der Waals surface area contributed by atoms with Gasteiger partial charge in [-0.3, -0.25) is 4.79 Å². The van der Waals surface area contributed by atoms with E-state index in [0.29, 0.717) is 22.7 Å². The average molecular weight is 299 g/mol. The number of carbonyl (C=O) groups excluding carboxylic acids is 1. The fraction of sp³-hybridized carbons (Fsp3) is 0.500. The van der Waals surface area contributed by atoms with Crippen molar-refractivity contribution in [2.45, 2.75) is 24.8 Å². The van der Waals surface area contributed by atoms with Crippen molar-refractivity contribution >= 4 is 23.0 Å². The number of fused-ring (bicyclic) bond motifs is 1. The van der Waals surface area contributed by atoms with Crippen LogP contribution in [0.1, 0.15) is 29.6 Å². The van der Waals surface area contributed by atoms with Gasteiger partial charge in [-0.15, -0.1) is 0 Å². The first kappa shape index (κ1) is 13.6. The van der Waals surface area contributed by atoms with Gasteiger partial charge in [0.05, 0.1) is 5.56 Å². The Hall–Kier alpha value is -2.08. The number of carbonyl (C=O) groups is 1. The number of primary amides is 1. The van der Waals surface area contributed by atoms with Crippen molar-refractivity contribution in [3.05, 3.63) is 23.8 Å². The Morgan fingerprint density at radius 2 is 2.09 bits per heavy atom. The molecule has 1 radical (unpaired) electrons. The highest BCUT2D eigenvalue weighted by atomic mass is 16.4. The van der Waals surface area contributed by atoms with E-state index in [1.165, 1.54) is 6.42 Å². The van der Waals surface area contributed by atoms with Gasteiger partial charge in [0, 0.05) is 25.2 Å². The Labute approximate surface area is 128 Å². The smallest absolute Gasteiger partial charge is 0.298 e. The summed E-state index contributed by atoms with van der Waals surface area (Å²) in [7, 11) is 2.16. The molecule has 0 saturated carbocycles. The molecule has 0 bridgehead atoms. The fourth-order valence-corrected chi connectivity index (χ4v) is 3.58. The fourth-order valence-electron chi connectivity index (χ4n) is 3.58. The number of nitrogens with zero attached hydrogens (tertiary/aromatic N) is 3. The van der Waals surface area contributed by atoms with Gasteiger partial charge in [0.2, 0.25) is 0 Å². The molecular formula is C16H19N4O2. The zero-order chi connectivity index (χ0) is 15.3. The summed E-state index contributed by atoms with van der Waals surface area (Å²) in [6.07, 6.45) is 3.42. The van der Waals surface area contributed by atoms with Gasteiger partial charge in [-0.25, -0.2) is 0 Å². The number of anilines is 1. The standard InChI is InChI=1S/C16H19N4O2/c1-19-8-5-16(6-9-19)7-10-20(16)15-18-13-11(14(17)21)3-2-4-12(13)22-15/h2,4H,5-10H2,1H3,(H2,17,21). The summed E-state index contributed by atoms with van der Waals surface area (Å²) in [5, 5.41) is 0. The number of aromatic nitrogens is 1. The Kier molecular flexibility index (Phi) is 2.91. The maximum atomic E-state index is 11.5. The molecule has 0 atom stereocenters. The van der Waals surface area contributed by atoms with Crippen molar-refractivity contribution < 1.29 is 9.21 Å². The monoisotopic (exact) mass is 299 g/mol. The summed E-state index contributed by atoms with van der Waals surface area (Å²) in [6.45, 7) is 3.14. The number of hydrogen-bond acceptors (Lipinski definition) is 5. The van der Waals surface area contributed by atoms with Gasteiger partial charge in [0.25, 0.3) is 11.9 Å². The first-order valence-electron chi connectivity index (χ1n) is 7.66. The summed E-state index contributed by atoms with van der Waals surface area (Å²) >= 11 is 0. The molecule has 2 N–H and O–H groups in total. The van der Waals surface area contributed by atoms with E-state index in [9.17, 15) is 4.79 Å². The maximum Gasteiger partial charge on any atom is 0.298 e. The summed E-state index contributed by atoms with van der Waals surface area (Å²) in [5.41, 5.74) is 6.97. The van der Waals surface area contributed by atoms with Crippen molar-refractivity contribution in [2.75, 3.05) is 31.6 Å². The predicted octanol–water partition coefficient (Wildman–Crippen LogP) is 1.40. The molecule has 3 heterocycles. The molecule has 1 aromatic carbocycles. The molecule has 22 heavy (non-hydrogen) atoms. The predicted molar refractivity (Wildman–Crippen MR) is 82.8 cm³/mol. The van der Waals surface area contributed by atoms with Crippen LogP contribution in [0.25, 0.3) is 11.1 Å². The number of oxazole rings is 1. The Morgan fingerprint density at radius 3 is 2.73 bits per heavy atom. The minimum atomic E-state index is -0.525. The zero-order valence-electron chi connectivity index (χ0n) is 12.6. The lowest BCUT2D eigenvalue weighted by molar-refractivity contribution is 0.100. The lowest BCUT2D eigenvalue weighted by atomic mass is 9.77. The van der Waals surface area contributed by atoms with Gasteiger partial charge in [0.15, 0.2) is 5.58 Å². The highest BCUT2D eigenvalue weighted by Crippen LogP contribution is 2.43. The van der Waals surface area contributed by atoms with E-state index in [2.05, 4.69) is 27.9 Å². The van der Waals surface area contributed by atoms with Crippen molar-refractivity contribution in [3.8, 4) is 0 Å². The molecule has 2 aliphatic heterocycles. The van der Waals surface area contributed by atoms with Crippen LogP contribution in [-0.2, 0) is 0 Å². The van der Waals surface area contributed by atoms with Crippen LogP contribution in [0.15, 0.2) is 16.5 Å². The number of nitrogens with two attached hydrogens (primary N) is 1. The molecule has 1 aromatic heterocycles. The van der Waals surface area contributed by atoms with Crippen LogP contribution in [0.3, 0.4) is 0 Å². The molecule has 2 saturated heterocycles. The second kappa shape index (κ2) is 4.71.